The average molecular weight is 299 g/mol. The van der Waals surface area contributed by atoms with Crippen molar-refractivity contribution in [1.29, 1.82) is 0 Å². The molecule has 1 fully saturated rings. The molecule has 0 aliphatic carbocycles. The van der Waals surface area contributed by atoms with Gasteiger partial charge in [-0.25, -0.2) is 0 Å². The highest BCUT2D eigenvalue weighted by Gasteiger charge is 2.21. The zero-order chi connectivity index (χ0) is 14.4. The summed E-state index contributed by atoms with van der Waals surface area (Å²) < 4.78 is 33.6. The highest BCUT2D eigenvalue weighted by molar-refractivity contribution is 7.87. The van der Waals surface area contributed by atoms with E-state index in [1.54, 1.807) is 7.05 Å². The van der Waals surface area contributed by atoms with Gasteiger partial charge in [0.05, 0.1) is 12.7 Å². The van der Waals surface area contributed by atoms with Crippen LogP contribution in [-0.4, -0.2) is 52.1 Å². The van der Waals surface area contributed by atoms with Crippen molar-refractivity contribution in [3.05, 3.63) is 35.9 Å². The van der Waals surface area contributed by atoms with Crippen LogP contribution in [0.25, 0.3) is 0 Å². The summed E-state index contributed by atoms with van der Waals surface area (Å²) in [6.07, 6.45) is -0.108. The van der Waals surface area contributed by atoms with E-state index in [1.807, 2.05) is 30.3 Å². The van der Waals surface area contributed by atoms with E-state index in [0.29, 0.717) is 19.7 Å². The van der Waals surface area contributed by atoms with Gasteiger partial charge in [-0.1, -0.05) is 30.3 Å². The van der Waals surface area contributed by atoms with Crippen molar-refractivity contribution in [3.63, 3.8) is 0 Å². The molecule has 2 N–H and O–H groups in total. The van der Waals surface area contributed by atoms with Crippen LogP contribution in [0.1, 0.15) is 5.56 Å². The molecule has 1 unspecified atom stereocenters. The van der Waals surface area contributed by atoms with Gasteiger partial charge in [0, 0.05) is 33.2 Å². The minimum atomic E-state index is -3.48. The fourth-order valence-electron chi connectivity index (χ4n) is 1.98. The lowest BCUT2D eigenvalue weighted by molar-refractivity contribution is 0.0322. The summed E-state index contributed by atoms with van der Waals surface area (Å²) in [5.41, 5.74) is 0.955. The quantitative estimate of drug-likeness (QED) is 0.772. The number of nitrogens with zero attached hydrogens (tertiary/aromatic N) is 1. The van der Waals surface area contributed by atoms with Gasteiger partial charge in [0.25, 0.3) is 10.2 Å². The summed E-state index contributed by atoms with van der Waals surface area (Å²) in [5, 5.41) is 3.17. The molecule has 1 aliphatic rings. The molecule has 1 aliphatic heterocycles. The lowest BCUT2D eigenvalue weighted by atomic mass is 10.2. The summed E-state index contributed by atoms with van der Waals surface area (Å²) in [6, 6.07) is 9.50. The van der Waals surface area contributed by atoms with E-state index >= 15 is 0 Å². The fourth-order valence-corrected chi connectivity index (χ4v) is 2.92. The Hall–Kier alpha value is -0.990. The Kier molecular flexibility index (Phi) is 5.50. The first-order valence-electron chi connectivity index (χ1n) is 6.65. The topological polar surface area (TPSA) is 70.7 Å². The van der Waals surface area contributed by atoms with E-state index in [9.17, 15) is 8.42 Å². The van der Waals surface area contributed by atoms with Gasteiger partial charge in [-0.2, -0.15) is 17.4 Å². The molecule has 2 rings (SSSR count). The average Bonchev–Trinajstić information content (AvgIpc) is 2.47. The lowest BCUT2D eigenvalue weighted by Crippen LogP contribution is -2.47. The van der Waals surface area contributed by atoms with E-state index in [-0.39, 0.29) is 12.6 Å². The number of hydrogen-bond acceptors (Lipinski definition) is 4. The third-order valence-electron chi connectivity index (χ3n) is 3.16. The van der Waals surface area contributed by atoms with Crippen LogP contribution in [0.4, 0.5) is 0 Å². The number of rotatable bonds is 6. The molecule has 1 aromatic rings. The van der Waals surface area contributed by atoms with Crippen LogP contribution in [0.2, 0.25) is 0 Å². The van der Waals surface area contributed by atoms with Crippen molar-refractivity contribution in [3.8, 4) is 0 Å². The first-order valence-corrected chi connectivity index (χ1v) is 8.09. The second-order valence-electron chi connectivity index (χ2n) is 4.79. The Labute approximate surface area is 120 Å². The molecule has 20 heavy (non-hydrogen) atoms. The van der Waals surface area contributed by atoms with Crippen molar-refractivity contribution in [2.45, 2.75) is 12.6 Å². The maximum Gasteiger partial charge on any atom is 0.279 e. The van der Waals surface area contributed by atoms with Gasteiger partial charge in [-0.3, -0.25) is 0 Å². The van der Waals surface area contributed by atoms with Gasteiger partial charge in [0.15, 0.2) is 0 Å². The SMILES string of the molecule is CN(Cc1ccccc1)S(=O)(=O)NCC1CNCCO1. The van der Waals surface area contributed by atoms with Crippen LogP contribution >= 0.6 is 0 Å². The van der Waals surface area contributed by atoms with E-state index in [0.717, 1.165) is 12.1 Å². The predicted molar refractivity (Wildman–Crippen MR) is 77.4 cm³/mol. The number of morpholine rings is 1. The molecule has 112 valence electrons. The third kappa shape index (κ3) is 4.53. The van der Waals surface area contributed by atoms with Gasteiger partial charge >= 0.3 is 0 Å². The zero-order valence-corrected chi connectivity index (χ0v) is 12.4. The van der Waals surface area contributed by atoms with Gasteiger partial charge in [0.1, 0.15) is 0 Å². The summed E-state index contributed by atoms with van der Waals surface area (Å²) in [4.78, 5) is 0. The smallest absolute Gasteiger partial charge is 0.279 e. The number of hydrogen-bond donors (Lipinski definition) is 2. The van der Waals surface area contributed by atoms with Crippen LogP contribution < -0.4 is 10.0 Å². The van der Waals surface area contributed by atoms with E-state index in [1.165, 1.54) is 4.31 Å². The maximum absolute atomic E-state index is 12.1. The Morgan fingerprint density at radius 1 is 1.40 bits per heavy atom. The molecule has 0 radical (unpaired) electrons. The van der Waals surface area contributed by atoms with Gasteiger partial charge in [-0.05, 0) is 5.56 Å². The number of benzene rings is 1. The summed E-state index contributed by atoms with van der Waals surface area (Å²) in [6.45, 7) is 2.74. The van der Waals surface area contributed by atoms with Gasteiger partial charge in [-0.15, -0.1) is 0 Å². The van der Waals surface area contributed by atoms with Gasteiger partial charge < -0.3 is 10.1 Å². The Morgan fingerprint density at radius 2 is 2.15 bits per heavy atom. The molecule has 1 saturated heterocycles. The van der Waals surface area contributed by atoms with Crippen LogP contribution in [0, 0.1) is 0 Å². The molecule has 0 aromatic heterocycles. The standard InChI is InChI=1S/C13H21N3O3S/c1-16(11-12-5-3-2-4-6-12)20(17,18)15-10-13-9-14-7-8-19-13/h2-6,13-15H,7-11H2,1H3. The molecule has 7 heteroatoms. The van der Waals surface area contributed by atoms with Crippen molar-refractivity contribution in [2.24, 2.45) is 0 Å². The predicted octanol–water partition coefficient (Wildman–Crippen LogP) is -0.0588. The second-order valence-corrected chi connectivity index (χ2v) is 6.65. The van der Waals surface area contributed by atoms with Crippen LogP contribution in [0.15, 0.2) is 30.3 Å². The molecule has 6 nitrogen and oxygen atoms in total. The Balaban J connectivity index is 1.85. The largest absolute Gasteiger partial charge is 0.374 e. The molecule has 0 spiro atoms. The van der Waals surface area contributed by atoms with Crippen molar-refractivity contribution < 1.29 is 13.2 Å². The summed E-state index contributed by atoms with van der Waals surface area (Å²) in [5.74, 6) is 0. The molecular weight excluding hydrogens is 278 g/mol. The fraction of sp³-hybridized carbons (Fsp3) is 0.538. The van der Waals surface area contributed by atoms with Crippen LogP contribution in [0.3, 0.4) is 0 Å². The van der Waals surface area contributed by atoms with Crippen LogP contribution in [0.5, 0.6) is 0 Å². The normalized spacial score (nSPS) is 20.2. The highest BCUT2D eigenvalue weighted by Crippen LogP contribution is 2.06. The minimum Gasteiger partial charge on any atom is -0.374 e. The maximum atomic E-state index is 12.1. The second kappa shape index (κ2) is 7.14. The van der Waals surface area contributed by atoms with Crippen molar-refractivity contribution in [1.82, 2.24) is 14.3 Å². The molecule has 1 aromatic carbocycles. The summed E-state index contributed by atoms with van der Waals surface area (Å²) in [7, 11) is -1.92. The Bertz CT molecular complexity index is 501. The first kappa shape index (κ1) is 15.4. The van der Waals surface area contributed by atoms with Gasteiger partial charge in [0.2, 0.25) is 0 Å². The molecule has 0 saturated carbocycles. The number of ether oxygens (including phenoxy) is 1. The van der Waals surface area contributed by atoms with Crippen molar-refractivity contribution in [2.75, 3.05) is 33.3 Å². The first-order chi connectivity index (χ1) is 9.58. The third-order valence-corrected chi connectivity index (χ3v) is 4.64. The molecular formula is C13H21N3O3S. The van der Waals surface area contributed by atoms with Crippen molar-refractivity contribution >= 4 is 10.2 Å². The van der Waals surface area contributed by atoms with E-state index in [2.05, 4.69) is 10.0 Å². The Morgan fingerprint density at radius 3 is 2.80 bits per heavy atom. The van der Waals surface area contributed by atoms with Crippen LogP contribution in [-0.2, 0) is 21.5 Å². The zero-order valence-electron chi connectivity index (χ0n) is 11.6. The summed E-state index contributed by atoms with van der Waals surface area (Å²) >= 11 is 0. The molecule has 0 amide bonds. The lowest BCUT2D eigenvalue weighted by Gasteiger charge is -2.25. The minimum absolute atomic E-state index is 0.108. The number of nitrogens with one attached hydrogen (secondary N) is 2. The van der Waals surface area contributed by atoms with E-state index in [4.69, 9.17) is 4.74 Å². The monoisotopic (exact) mass is 299 g/mol. The molecule has 1 atom stereocenters. The highest BCUT2D eigenvalue weighted by atomic mass is 32.2. The van der Waals surface area contributed by atoms with E-state index < -0.39 is 10.2 Å². The molecule has 0 bridgehead atoms. The molecule has 1 heterocycles.